The number of rotatable bonds is 8. The first-order valence-corrected chi connectivity index (χ1v) is 14.0. The number of nitrogens with zero attached hydrogens (tertiary/aromatic N) is 3. The zero-order valence-corrected chi connectivity index (χ0v) is 24.5. The molecule has 2 heterocycles. The van der Waals surface area contributed by atoms with Gasteiger partial charge in [0.1, 0.15) is 24.0 Å². The van der Waals surface area contributed by atoms with Gasteiger partial charge in [-0.05, 0) is 84.1 Å². The van der Waals surface area contributed by atoms with Crippen LogP contribution in [0.25, 0.3) is 6.08 Å². The van der Waals surface area contributed by atoms with E-state index in [1.165, 1.54) is 22.3 Å². The molecule has 3 aromatic rings. The van der Waals surface area contributed by atoms with Crippen molar-refractivity contribution in [3.63, 3.8) is 0 Å². The number of nitrogens with one attached hydrogen (secondary N) is 1. The number of methoxy groups -OCH3 is 1. The number of aliphatic imine (C=N–C) groups is 1. The second-order valence-corrected chi connectivity index (χ2v) is 11.0. The summed E-state index contributed by atoms with van der Waals surface area (Å²) in [4.78, 5) is 17.1. The summed E-state index contributed by atoms with van der Waals surface area (Å²) in [5.41, 5.74) is 4.05. The third-order valence-corrected chi connectivity index (χ3v) is 7.69. The Morgan fingerprint density at radius 1 is 1.00 bits per heavy atom. The smallest absolute Gasteiger partial charge is 0.283 e. The summed E-state index contributed by atoms with van der Waals surface area (Å²) >= 11 is 3.44. The van der Waals surface area contributed by atoms with Crippen LogP contribution in [-0.4, -0.2) is 47.3 Å². The molecule has 8 nitrogen and oxygen atoms in total. The predicted molar refractivity (Wildman–Crippen MR) is 163 cm³/mol. The number of carbonyl (C=O) groups is 1. The molecule has 10 heteroatoms. The van der Waals surface area contributed by atoms with Gasteiger partial charge in [-0.3, -0.25) is 10.2 Å². The van der Waals surface area contributed by atoms with Gasteiger partial charge in [0.2, 0.25) is 5.17 Å². The summed E-state index contributed by atoms with van der Waals surface area (Å²) < 4.78 is 18.1. The van der Waals surface area contributed by atoms with Crippen LogP contribution in [-0.2, 0) is 4.79 Å². The molecule has 0 saturated carbocycles. The molecule has 39 heavy (non-hydrogen) atoms. The van der Waals surface area contributed by atoms with Gasteiger partial charge in [-0.25, -0.2) is 0 Å². The highest BCUT2D eigenvalue weighted by atomic mass is 127. The highest BCUT2D eigenvalue weighted by molar-refractivity contribution is 14.1. The zero-order valence-electron chi connectivity index (χ0n) is 21.5. The van der Waals surface area contributed by atoms with Crippen LogP contribution in [0.3, 0.4) is 0 Å². The fourth-order valence-electron chi connectivity index (χ4n) is 3.87. The standard InChI is InChI=1S/C29H25IN4O4S/c1-17-4-8-20(9-5-17)28-33-34-26(31)22(27(35)32-29(34)39-28)14-19-15-23(30)25(24(16-19)36-3)38-13-12-37-21-10-6-18(2)7-11-21/h4-11,14-16,31H,12-13H2,1-3H3/b22-14-,31-26?. The van der Waals surface area contributed by atoms with Crippen LogP contribution in [0.2, 0.25) is 0 Å². The molecule has 0 aliphatic carbocycles. The SMILES string of the molecule is COc1cc(/C=C2/C(=N)N3N=C(c4ccc(C)cc4)SC3=NC2=O)cc(I)c1OCCOc1ccc(C)cc1. The normalized spacial score (nSPS) is 15.7. The van der Waals surface area contributed by atoms with Crippen LogP contribution < -0.4 is 14.2 Å². The molecule has 0 fully saturated rings. The lowest BCUT2D eigenvalue weighted by atomic mass is 10.1. The number of carbonyl (C=O) groups excluding carboxylic acids is 1. The van der Waals surface area contributed by atoms with E-state index in [-0.39, 0.29) is 11.4 Å². The van der Waals surface area contributed by atoms with E-state index in [2.05, 4.69) is 32.7 Å². The maximum Gasteiger partial charge on any atom is 0.283 e. The maximum absolute atomic E-state index is 12.9. The van der Waals surface area contributed by atoms with E-state index < -0.39 is 5.91 Å². The van der Waals surface area contributed by atoms with Gasteiger partial charge < -0.3 is 14.2 Å². The number of amidine groups is 2. The van der Waals surface area contributed by atoms with Crippen molar-refractivity contribution in [1.29, 1.82) is 5.41 Å². The average Bonchev–Trinajstić information content (AvgIpc) is 3.35. The highest BCUT2D eigenvalue weighted by Gasteiger charge is 2.36. The predicted octanol–water partition coefficient (Wildman–Crippen LogP) is 6.04. The van der Waals surface area contributed by atoms with Crippen molar-refractivity contribution >= 4 is 62.4 Å². The average molecular weight is 653 g/mol. The molecule has 2 aliphatic heterocycles. The summed E-state index contributed by atoms with van der Waals surface area (Å²) in [6.45, 7) is 4.75. The highest BCUT2D eigenvalue weighted by Crippen LogP contribution is 2.36. The Labute approximate surface area is 244 Å². The molecule has 0 bridgehead atoms. The molecule has 198 valence electrons. The first-order valence-electron chi connectivity index (χ1n) is 12.1. The van der Waals surface area contributed by atoms with E-state index in [0.717, 1.165) is 20.4 Å². The Morgan fingerprint density at radius 3 is 2.36 bits per heavy atom. The second kappa shape index (κ2) is 11.6. The van der Waals surface area contributed by atoms with Gasteiger partial charge in [-0.15, -0.1) is 0 Å². The summed E-state index contributed by atoms with van der Waals surface area (Å²) in [6, 6.07) is 19.4. The Balaban J connectivity index is 1.31. The van der Waals surface area contributed by atoms with Crippen molar-refractivity contribution in [3.8, 4) is 17.2 Å². The van der Waals surface area contributed by atoms with Gasteiger partial charge in [0, 0.05) is 5.56 Å². The summed E-state index contributed by atoms with van der Waals surface area (Å²) in [5, 5.41) is 15.7. The number of hydrazone groups is 1. The van der Waals surface area contributed by atoms with Crippen LogP contribution in [0.15, 0.2) is 76.3 Å². The minimum Gasteiger partial charge on any atom is -0.493 e. The van der Waals surface area contributed by atoms with Crippen LogP contribution in [0.5, 0.6) is 17.2 Å². The van der Waals surface area contributed by atoms with Gasteiger partial charge in [-0.2, -0.15) is 15.1 Å². The maximum atomic E-state index is 12.9. The minimum absolute atomic E-state index is 0.0258. The Morgan fingerprint density at radius 2 is 1.67 bits per heavy atom. The molecule has 0 saturated heterocycles. The fourth-order valence-corrected chi connectivity index (χ4v) is 5.55. The van der Waals surface area contributed by atoms with Crippen LogP contribution in [0.4, 0.5) is 0 Å². The van der Waals surface area contributed by atoms with E-state index in [9.17, 15) is 4.79 Å². The first kappa shape index (κ1) is 26.9. The lowest BCUT2D eigenvalue weighted by Crippen LogP contribution is -2.35. The van der Waals surface area contributed by atoms with Gasteiger partial charge in [0.25, 0.3) is 5.91 Å². The monoisotopic (exact) mass is 652 g/mol. The quantitative estimate of drug-likeness (QED) is 0.181. The molecule has 0 aromatic heterocycles. The van der Waals surface area contributed by atoms with E-state index in [4.69, 9.17) is 19.6 Å². The summed E-state index contributed by atoms with van der Waals surface area (Å²) in [7, 11) is 1.56. The van der Waals surface area contributed by atoms with E-state index >= 15 is 0 Å². The summed E-state index contributed by atoms with van der Waals surface area (Å²) in [5.74, 6) is 1.37. The molecule has 2 aliphatic rings. The Kier molecular flexibility index (Phi) is 8.03. The number of halogens is 1. The molecular formula is C29H25IN4O4S. The van der Waals surface area contributed by atoms with Crippen molar-refractivity contribution in [2.45, 2.75) is 13.8 Å². The van der Waals surface area contributed by atoms with E-state index in [1.54, 1.807) is 19.3 Å². The van der Waals surface area contributed by atoms with Crippen molar-refractivity contribution in [3.05, 3.63) is 92.1 Å². The van der Waals surface area contributed by atoms with Gasteiger partial charge in [-0.1, -0.05) is 47.5 Å². The largest absolute Gasteiger partial charge is 0.493 e. The van der Waals surface area contributed by atoms with E-state index in [1.807, 2.05) is 68.4 Å². The van der Waals surface area contributed by atoms with Gasteiger partial charge in [0.15, 0.2) is 17.3 Å². The molecule has 1 N–H and O–H groups in total. The van der Waals surface area contributed by atoms with Crippen LogP contribution >= 0.6 is 34.4 Å². The number of ether oxygens (including phenoxy) is 3. The number of thioether (sulfide) groups is 1. The third-order valence-electron chi connectivity index (χ3n) is 5.94. The molecule has 0 unspecified atom stereocenters. The number of aryl methyl sites for hydroxylation is 2. The number of amides is 1. The van der Waals surface area contributed by atoms with Crippen LogP contribution in [0.1, 0.15) is 22.3 Å². The molecule has 1 amide bonds. The van der Waals surface area contributed by atoms with Crippen molar-refractivity contribution < 1.29 is 19.0 Å². The number of benzene rings is 3. The Hall–Kier alpha value is -3.64. The van der Waals surface area contributed by atoms with Crippen molar-refractivity contribution in [2.75, 3.05) is 20.3 Å². The van der Waals surface area contributed by atoms with E-state index in [0.29, 0.717) is 40.5 Å². The minimum atomic E-state index is -0.485. The first-order chi connectivity index (χ1) is 18.8. The lowest BCUT2D eigenvalue weighted by Gasteiger charge is -2.20. The molecule has 0 atom stereocenters. The molecular weight excluding hydrogens is 627 g/mol. The number of hydrogen-bond donors (Lipinski definition) is 1. The molecule has 3 aromatic carbocycles. The summed E-state index contributed by atoms with van der Waals surface area (Å²) in [6.07, 6.45) is 1.63. The molecule has 0 spiro atoms. The third kappa shape index (κ3) is 6.01. The zero-order chi connectivity index (χ0) is 27.5. The van der Waals surface area contributed by atoms with Gasteiger partial charge >= 0.3 is 0 Å². The van der Waals surface area contributed by atoms with Crippen LogP contribution in [0, 0.1) is 22.8 Å². The lowest BCUT2D eigenvalue weighted by molar-refractivity contribution is -0.114. The van der Waals surface area contributed by atoms with Gasteiger partial charge in [0.05, 0.1) is 16.3 Å². The molecule has 0 radical (unpaired) electrons. The fraction of sp³-hybridized carbons (Fsp3) is 0.172. The Bertz CT molecular complexity index is 1530. The topological polar surface area (TPSA) is 96.6 Å². The van der Waals surface area contributed by atoms with Crippen molar-refractivity contribution in [2.24, 2.45) is 10.1 Å². The second-order valence-electron chi connectivity index (χ2n) is 8.84. The van der Waals surface area contributed by atoms with Crippen molar-refractivity contribution in [1.82, 2.24) is 5.01 Å². The number of hydrogen-bond acceptors (Lipinski definition) is 7. The molecule has 5 rings (SSSR count). The number of fused-ring (bicyclic) bond motifs is 1.